The van der Waals surface area contributed by atoms with E-state index in [1.165, 1.54) is 0 Å². The molecule has 1 fully saturated rings. The van der Waals surface area contributed by atoms with Crippen LogP contribution in [0.25, 0.3) is 0 Å². The van der Waals surface area contributed by atoms with Crippen LogP contribution in [-0.4, -0.2) is 83.0 Å². The molecule has 2 aliphatic rings. The number of carbonyl (C=O) groups is 4. The molecule has 1 N–H and O–H groups in total. The van der Waals surface area contributed by atoms with Gasteiger partial charge in [-0.3, -0.25) is 14.4 Å². The second-order valence-corrected chi connectivity index (χ2v) is 11.9. The summed E-state index contributed by atoms with van der Waals surface area (Å²) in [5, 5.41) is 2.80. The zero-order chi connectivity index (χ0) is 29.8. The Morgan fingerprint density at radius 2 is 1.93 bits per heavy atom. The SMILES string of the molecule is CCC(=O)NCCN1C(=O)C(C)(C)Oc2ccc(C(=O)N(C(C)C)[C@@H]3CCCN(C(=O)OC(Cl)C(C)C)C3)cc21. The second-order valence-electron chi connectivity index (χ2n) is 11.5. The molecule has 2 atom stereocenters. The summed E-state index contributed by atoms with van der Waals surface area (Å²) < 4.78 is 11.4. The number of carbonyl (C=O) groups excluding carboxylic acids is 4. The maximum atomic E-state index is 13.9. The quantitative estimate of drug-likeness (QED) is 0.435. The number of piperidine rings is 1. The Balaban J connectivity index is 1.84. The van der Waals surface area contributed by atoms with Crippen molar-refractivity contribution in [2.45, 2.75) is 91.0 Å². The van der Waals surface area contributed by atoms with Crippen LogP contribution in [-0.2, 0) is 14.3 Å². The van der Waals surface area contributed by atoms with Gasteiger partial charge in [0.05, 0.1) is 11.7 Å². The Labute approximate surface area is 242 Å². The van der Waals surface area contributed by atoms with E-state index in [-0.39, 0.29) is 48.8 Å². The minimum Gasteiger partial charge on any atom is -0.476 e. The summed E-state index contributed by atoms with van der Waals surface area (Å²) in [5.74, 6) is -0.0874. The van der Waals surface area contributed by atoms with Gasteiger partial charge in [-0.2, -0.15) is 0 Å². The van der Waals surface area contributed by atoms with Gasteiger partial charge in [0.25, 0.3) is 11.8 Å². The van der Waals surface area contributed by atoms with Crippen molar-refractivity contribution < 1.29 is 28.7 Å². The summed E-state index contributed by atoms with van der Waals surface area (Å²) in [4.78, 5) is 56.7. The van der Waals surface area contributed by atoms with E-state index in [1.807, 2.05) is 27.7 Å². The zero-order valence-electron chi connectivity index (χ0n) is 24.7. The number of hydrogen-bond donors (Lipinski definition) is 1. The van der Waals surface area contributed by atoms with Gasteiger partial charge in [-0.25, -0.2) is 4.79 Å². The van der Waals surface area contributed by atoms with E-state index in [0.29, 0.717) is 36.5 Å². The van der Waals surface area contributed by atoms with Crippen molar-refractivity contribution in [3.63, 3.8) is 0 Å². The molecule has 4 amide bonds. The molecule has 1 aromatic rings. The number of anilines is 1. The average Bonchev–Trinajstić information content (AvgIpc) is 2.90. The van der Waals surface area contributed by atoms with E-state index >= 15 is 0 Å². The Kier molecular flexibility index (Phi) is 10.3. The molecular weight excluding hydrogens is 536 g/mol. The van der Waals surface area contributed by atoms with Crippen LogP contribution in [0.2, 0.25) is 0 Å². The number of nitrogens with one attached hydrogen (secondary N) is 1. The molecule has 2 aliphatic heterocycles. The predicted octanol–water partition coefficient (Wildman–Crippen LogP) is 4.39. The summed E-state index contributed by atoms with van der Waals surface area (Å²) in [6.07, 6.45) is 1.34. The van der Waals surface area contributed by atoms with Gasteiger partial charge < -0.3 is 29.5 Å². The molecule has 0 spiro atoms. The number of halogens is 1. The lowest BCUT2D eigenvalue weighted by Gasteiger charge is -2.42. The molecule has 1 unspecified atom stereocenters. The number of hydrogen-bond acceptors (Lipinski definition) is 6. The van der Waals surface area contributed by atoms with E-state index in [1.54, 1.807) is 53.7 Å². The summed E-state index contributed by atoms with van der Waals surface area (Å²) in [6.45, 7) is 14.2. The van der Waals surface area contributed by atoms with Gasteiger partial charge in [0, 0.05) is 50.1 Å². The van der Waals surface area contributed by atoms with E-state index < -0.39 is 17.3 Å². The molecule has 0 bridgehead atoms. The van der Waals surface area contributed by atoms with Crippen molar-refractivity contribution >= 4 is 41.1 Å². The number of likely N-dealkylation sites (tertiary alicyclic amines) is 1. The fourth-order valence-corrected chi connectivity index (χ4v) is 5.06. The third-order valence-corrected chi connectivity index (χ3v) is 7.77. The van der Waals surface area contributed by atoms with E-state index in [0.717, 1.165) is 12.8 Å². The molecule has 2 heterocycles. The van der Waals surface area contributed by atoms with Crippen molar-refractivity contribution in [3.05, 3.63) is 23.8 Å². The second kappa shape index (κ2) is 13.1. The number of benzene rings is 1. The number of fused-ring (bicyclic) bond motifs is 1. The van der Waals surface area contributed by atoms with Gasteiger partial charge in [0.15, 0.2) is 11.2 Å². The molecule has 10 nitrogen and oxygen atoms in total. The van der Waals surface area contributed by atoms with Gasteiger partial charge in [-0.05, 0) is 58.7 Å². The molecular formula is C29H43ClN4O6. The Bertz CT molecular complexity index is 1110. The molecule has 222 valence electrons. The fourth-order valence-electron chi connectivity index (χ4n) is 4.98. The van der Waals surface area contributed by atoms with Crippen LogP contribution >= 0.6 is 11.6 Å². The lowest BCUT2D eigenvalue weighted by molar-refractivity contribution is -0.132. The highest BCUT2D eigenvalue weighted by atomic mass is 35.5. The number of amides is 4. The minimum atomic E-state index is -1.09. The van der Waals surface area contributed by atoms with Crippen LogP contribution in [0.5, 0.6) is 5.75 Å². The van der Waals surface area contributed by atoms with Crippen molar-refractivity contribution in [2.24, 2.45) is 5.92 Å². The third kappa shape index (κ3) is 7.19. The molecule has 40 heavy (non-hydrogen) atoms. The molecule has 0 aliphatic carbocycles. The van der Waals surface area contributed by atoms with Gasteiger partial charge in [0.2, 0.25) is 5.91 Å². The molecule has 11 heteroatoms. The first kappa shape index (κ1) is 31.5. The first-order chi connectivity index (χ1) is 18.8. The standard InChI is InChI=1S/C29H43ClN4O6/c1-8-24(35)31-13-15-33-22-16-20(11-12-23(22)40-29(6,7)27(33)37)26(36)34(19(4)5)21-10-9-14-32(17-21)28(38)39-25(30)18(2)3/h11-12,16,18-19,21,25H,8-10,13-15,17H2,1-7H3,(H,31,35)/t21-,25?/m1/s1. The number of nitrogens with zero attached hydrogens (tertiary/aromatic N) is 3. The number of alkyl halides is 1. The molecule has 3 rings (SSSR count). The topological polar surface area (TPSA) is 108 Å². The fraction of sp³-hybridized carbons (Fsp3) is 0.655. The van der Waals surface area contributed by atoms with Crippen molar-refractivity contribution in [2.75, 3.05) is 31.1 Å². The molecule has 0 aromatic heterocycles. The minimum absolute atomic E-state index is 0.0205. The van der Waals surface area contributed by atoms with Crippen molar-refractivity contribution in [1.29, 1.82) is 0 Å². The average molecular weight is 579 g/mol. The summed E-state index contributed by atoms with van der Waals surface area (Å²) in [5.41, 5.74) is -0.916. The Hall–Kier alpha value is -3.01. The van der Waals surface area contributed by atoms with E-state index in [9.17, 15) is 19.2 Å². The highest BCUT2D eigenvalue weighted by Gasteiger charge is 2.41. The monoisotopic (exact) mass is 578 g/mol. The van der Waals surface area contributed by atoms with E-state index in [2.05, 4.69) is 5.32 Å². The zero-order valence-corrected chi connectivity index (χ0v) is 25.4. The van der Waals surface area contributed by atoms with Crippen LogP contribution in [0, 0.1) is 5.92 Å². The largest absolute Gasteiger partial charge is 0.476 e. The highest BCUT2D eigenvalue weighted by Crippen LogP contribution is 2.39. The van der Waals surface area contributed by atoms with Gasteiger partial charge in [-0.15, -0.1) is 0 Å². The van der Waals surface area contributed by atoms with Gasteiger partial charge >= 0.3 is 6.09 Å². The van der Waals surface area contributed by atoms with Crippen molar-refractivity contribution in [3.8, 4) is 5.75 Å². The number of rotatable bonds is 9. The molecule has 0 saturated carbocycles. The number of ether oxygens (including phenoxy) is 2. The van der Waals surface area contributed by atoms with Crippen LogP contribution in [0.1, 0.15) is 78.1 Å². The van der Waals surface area contributed by atoms with Gasteiger partial charge in [0.1, 0.15) is 5.75 Å². The van der Waals surface area contributed by atoms with Crippen LogP contribution in [0.3, 0.4) is 0 Å². The molecule has 1 saturated heterocycles. The third-order valence-electron chi connectivity index (χ3n) is 7.18. The summed E-state index contributed by atoms with van der Waals surface area (Å²) >= 11 is 6.17. The van der Waals surface area contributed by atoms with Gasteiger partial charge in [-0.1, -0.05) is 32.4 Å². The molecule has 0 radical (unpaired) electrons. The first-order valence-corrected chi connectivity index (χ1v) is 14.5. The maximum Gasteiger partial charge on any atom is 0.411 e. The highest BCUT2D eigenvalue weighted by molar-refractivity contribution is 6.20. The summed E-state index contributed by atoms with van der Waals surface area (Å²) in [6, 6.07) is 4.74. The Morgan fingerprint density at radius 1 is 1.23 bits per heavy atom. The summed E-state index contributed by atoms with van der Waals surface area (Å²) in [7, 11) is 0. The maximum absolute atomic E-state index is 13.9. The lowest BCUT2D eigenvalue weighted by atomic mass is 9.99. The van der Waals surface area contributed by atoms with Crippen LogP contribution in [0.4, 0.5) is 10.5 Å². The molecule has 1 aromatic carbocycles. The van der Waals surface area contributed by atoms with Crippen LogP contribution < -0.4 is 15.0 Å². The predicted molar refractivity (Wildman–Crippen MR) is 154 cm³/mol. The normalized spacial score (nSPS) is 19.1. The Morgan fingerprint density at radius 3 is 2.55 bits per heavy atom. The smallest absolute Gasteiger partial charge is 0.411 e. The van der Waals surface area contributed by atoms with Crippen LogP contribution in [0.15, 0.2) is 18.2 Å². The van der Waals surface area contributed by atoms with Crippen molar-refractivity contribution in [1.82, 2.24) is 15.1 Å². The first-order valence-electron chi connectivity index (χ1n) is 14.1. The lowest BCUT2D eigenvalue weighted by Crippen LogP contribution is -2.55. The van der Waals surface area contributed by atoms with E-state index in [4.69, 9.17) is 21.1 Å².